The predicted molar refractivity (Wildman–Crippen MR) is 142 cm³/mol. The van der Waals surface area contributed by atoms with E-state index in [0.717, 1.165) is 28.6 Å². The van der Waals surface area contributed by atoms with E-state index in [1.807, 2.05) is 0 Å². The Morgan fingerprint density at radius 2 is 1.83 bits per heavy atom. The van der Waals surface area contributed by atoms with Crippen LogP contribution in [0.2, 0.25) is 5.02 Å². The molecule has 5 rings (SSSR count). The number of esters is 1. The lowest BCUT2D eigenvalue weighted by Crippen LogP contribution is -2.43. The van der Waals surface area contributed by atoms with E-state index in [9.17, 15) is 30.8 Å². The predicted octanol–water partition coefficient (Wildman–Crippen LogP) is 6.12. The SMILES string of the molecule is COC(=O)CC[C@H]1CN(S(=O)(=O)c2cccc(C(F)(F)F)c2)c2cc(-c3nnc(-c4c(F)cccc4Cl)o3)ccc2O1. The molecular weight excluding hydrogens is 606 g/mol. The Bertz CT molecular complexity index is 1740. The van der Waals surface area contributed by atoms with Crippen LogP contribution >= 0.6 is 11.6 Å². The third-order valence-electron chi connectivity index (χ3n) is 6.39. The quantitative estimate of drug-likeness (QED) is 0.178. The van der Waals surface area contributed by atoms with Crippen LogP contribution in [0, 0.1) is 5.82 Å². The van der Waals surface area contributed by atoms with Gasteiger partial charge in [-0.2, -0.15) is 13.2 Å². The molecule has 9 nitrogen and oxygen atoms in total. The molecule has 4 aromatic rings. The number of benzene rings is 3. The Kier molecular flexibility index (Phi) is 7.86. The number of methoxy groups -OCH3 is 1. The second-order valence-corrected chi connectivity index (χ2v) is 11.4. The van der Waals surface area contributed by atoms with Gasteiger partial charge in [-0.25, -0.2) is 12.8 Å². The number of sulfonamides is 1. The van der Waals surface area contributed by atoms with Crippen LogP contribution in [0.5, 0.6) is 5.75 Å². The monoisotopic (exact) mass is 625 g/mol. The molecular formula is C27H20ClF4N3O6S. The molecule has 0 unspecified atom stereocenters. The molecule has 220 valence electrons. The fraction of sp³-hybridized carbons (Fsp3) is 0.222. The highest BCUT2D eigenvalue weighted by Gasteiger charge is 2.37. The maximum absolute atomic E-state index is 14.4. The molecule has 0 spiro atoms. The van der Waals surface area contributed by atoms with Crippen LogP contribution in [0.1, 0.15) is 18.4 Å². The van der Waals surface area contributed by atoms with E-state index >= 15 is 0 Å². The average molecular weight is 626 g/mol. The molecule has 42 heavy (non-hydrogen) atoms. The van der Waals surface area contributed by atoms with Gasteiger partial charge >= 0.3 is 12.1 Å². The summed E-state index contributed by atoms with van der Waals surface area (Å²) in [6, 6.07) is 11.6. The van der Waals surface area contributed by atoms with E-state index in [0.29, 0.717) is 6.07 Å². The van der Waals surface area contributed by atoms with Crippen molar-refractivity contribution in [1.82, 2.24) is 10.2 Å². The molecule has 0 radical (unpaired) electrons. The van der Waals surface area contributed by atoms with Gasteiger partial charge in [0.2, 0.25) is 5.89 Å². The Balaban J connectivity index is 1.56. The van der Waals surface area contributed by atoms with Gasteiger partial charge in [0, 0.05) is 12.0 Å². The van der Waals surface area contributed by atoms with Crippen molar-refractivity contribution in [3.8, 4) is 28.7 Å². The van der Waals surface area contributed by atoms with Crippen molar-refractivity contribution < 1.29 is 44.7 Å². The van der Waals surface area contributed by atoms with Crippen LogP contribution < -0.4 is 9.04 Å². The molecule has 0 N–H and O–H groups in total. The number of aromatic nitrogens is 2. The highest BCUT2D eigenvalue weighted by atomic mass is 35.5. The number of hydrogen-bond acceptors (Lipinski definition) is 8. The van der Waals surface area contributed by atoms with Crippen LogP contribution in [0.15, 0.2) is 70.0 Å². The van der Waals surface area contributed by atoms with Crippen molar-refractivity contribution in [2.75, 3.05) is 18.0 Å². The van der Waals surface area contributed by atoms with Crippen molar-refractivity contribution in [3.05, 3.63) is 77.1 Å². The number of ether oxygens (including phenoxy) is 2. The Labute approximate surface area is 241 Å². The number of carbonyl (C=O) groups excluding carboxylic acids is 1. The third kappa shape index (κ3) is 5.77. The second kappa shape index (κ2) is 11.2. The largest absolute Gasteiger partial charge is 0.486 e. The van der Waals surface area contributed by atoms with Gasteiger partial charge in [0.25, 0.3) is 15.9 Å². The fourth-order valence-electron chi connectivity index (χ4n) is 4.31. The topological polar surface area (TPSA) is 112 Å². The standard InChI is InChI=1S/C27H20ClF4N3O6S/c1-39-23(36)11-9-17-14-35(42(37,38)18-5-2-4-16(13-18)27(30,31)32)21-12-15(8-10-22(21)40-17)25-33-34-26(41-25)24-19(28)6-3-7-20(24)29/h2-8,10,12-13,17H,9,11,14H2,1H3/t17-/m0/s1. The summed E-state index contributed by atoms with van der Waals surface area (Å²) in [6.07, 6.45) is -5.63. The van der Waals surface area contributed by atoms with Gasteiger partial charge in [0.05, 0.1) is 40.4 Å². The Hall–Kier alpha value is -4.17. The first-order valence-corrected chi connectivity index (χ1v) is 14.1. The smallest absolute Gasteiger partial charge is 0.416 e. The number of nitrogens with zero attached hydrogens (tertiary/aromatic N) is 3. The summed E-state index contributed by atoms with van der Waals surface area (Å²) < 4.78 is 99.3. The van der Waals surface area contributed by atoms with Crippen LogP contribution in [0.3, 0.4) is 0 Å². The molecule has 0 fully saturated rings. The number of fused-ring (bicyclic) bond motifs is 1. The first-order valence-electron chi connectivity index (χ1n) is 12.2. The first kappa shape index (κ1) is 29.3. The van der Waals surface area contributed by atoms with E-state index in [1.54, 1.807) is 0 Å². The molecule has 3 aromatic carbocycles. The van der Waals surface area contributed by atoms with E-state index in [-0.39, 0.29) is 58.8 Å². The Morgan fingerprint density at radius 1 is 1.10 bits per heavy atom. The highest BCUT2D eigenvalue weighted by molar-refractivity contribution is 7.92. The second-order valence-electron chi connectivity index (χ2n) is 9.11. The minimum Gasteiger partial charge on any atom is -0.486 e. The van der Waals surface area contributed by atoms with Crippen molar-refractivity contribution in [3.63, 3.8) is 0 Å². The molecule has 2 heterocycles. The normalized spacial score (nSPS) is 15.2. The number of carbonyl (C=O) groups is 1. The lowest BCUT2D eigenvalue weighted by atomic mass is 10.1. The van der Waals surface area contributed by atoms with Crippen molar-refractivity contribution in [2.24, 2.45) is 0 Å². The van der Waals surface area contributed by atoms with Gasteiger partial charge in [0.15, 0.2) is 0 Å². The van der Waals surface area contributed by atoms with Crippen LogP contribution in [0.4, 0.5) is 23.2 Å². The van der Waals surface area contributed by atoms with Gasteiger partial charge in [-0.05, 0) is 55.0 Å². The van der Waals surface area contributed by atoms with Gasteiger partial charge in [0.1, 0.15) is 17.7 Å². The number of rotatable bonds is 7. The summed E-state index contributed by atoms with van der Waals surface area (Å²) in [4.78, 5) is 11.1. The summed E-state index contributed by atoms with van der Waals surface area (Å²) in [5.74, 6) is -1.51. The minimum atomic E-state index is -4.78. The fourth-order valence-corrected chi connectivity index (χ4v) is 6.10. The average Bonchev–Trinajstić information content (AvgIpc) is 3.44. The molecule has 0 aliphatic carbocycles. The van der Waals surface area contributed by atoms with Crippen molar-refractivity contribution in [2.45, 2.75) is 30.0 Å². The van der Waals surface area contributed by atoms with E-state index in [2.05, 4.69) is 14.9 Å². The van der Waals surface area contributed by atoms with E-state index in [1.165, 1.54) is 37.4 Å². The molecule has 0 amide bonds. The summed E-state index contributed by atoms with van der Waals surface area (Å²) in [5, 5.41) is 7.80. The molecule has 1 aliphatic heterocycles. The molecule has 1 aromatic heterocycles. The highest BCUT2D eigenvalue weighted by Crippen LogP contribution is 2.42. The molecule has 0 bridgehead atoms. The number of alkyl halides is 3. The number of hydrogen-bond donors (Lipinski definition) is 0. The van der Waals surface area contributed by atoms with Crippen molar-refractivity contribution >= 4 is 33.3 Å². The minimum absolute atomic E-state index is 0.0251. The Morgan fingerprint density at radius 3 is 2.55 bits per heavy atom. The lowest BCUT2D eigenvalue weighted by Gasteiger charge is -2.35. The zero-order valence-corrected chi connectivity index (χ0v) is 23.1. The summed E-state index contributed by atoms with van der Waals surface area (Å²) in [5.41, 5.74) is -1.08. The van der Waals surface area contributed by atoms with E-state index in [4.69, 9.17) is 20.8 Å². The van der Waals surface area contributed by atoms with Gasteiger partial charge < -0.3 is 13.9 Å². The molecule has 1 aliphatic rings. The summed E-state index contributed by atoms with van der Waals surface area (Å²) in [7, 11) is -3.38. The molecule has 0 saturated heterocycles. The number of anilines is 1. The summed E-state index contributed by atoms with van der Waals surface area (Å²) in [6.45, 7) is -0.327. The number of halogens is 5. The van der Waals surface area contributed by atoms with Gasteiger partial charge in [-0.1, -0.05) is 23.7 Å². The third-order valence-corrected chi connectivity index (χ3v) is 8.48. The summed E-state index contributed by atoms with van der Waals surface area (Å²) >= 11 is 6.09. The van der Waals surface area contributed by atoms with Crippen molar-refractivity contribution in [1.29, 1.82) is 0 Å². The van der Waals surface area contributed by atoms with E-state index < -0.39 is 44.5 Å². The molecule has 15 heteroatoms. The lowest BCUT2D eigenvalue weighted by molar-refractivity contribution is -0.141. The van der Waals surface area contributed by atoms with Crippen LogP contribution in [-0.2, 0) is 25.7 Å². The molecule has 1 atom stereocenters. The van der Waals surface area contributed by atoms with Crippen LogP contribution in [-0.4, -0.2) is 44.3 Å². The van der Waals surface area contributed by atoms with Gasteiger partial charge in [-0.3, -0.25) is 9.10 Å². The maximum Gasteiger partial charge on any atom is 0.416 e. The maximum atomic E-state index is 14.4. The zero-order valence-electron chi connectivity index (χ0n) is 21.6. The zero-order chi connectivity index (χ0) is 30.2. The van der Waals surface area contributed by atoms with Gasteiger partial charge in [-0.15, -0.1) is 10.2 Å². The molecule has 0 saturated carbocycles. The van der Waals surface area contributed by atoms with Crippen LogP contribution in [0.25, 0.3) is 22.9 Å². The first-order chi connectivity index (χ1) is 19.9.